The Balaban J connectivity index is 2.25. The second kappa shape index (κ2) is 7.47. The Hall–Kier alpha value is -0.800. The van der Waals surface area contributed by atoms with Crippen LogP contribution < -0.4 is 10.9 Å². The van der Waals surface area contributed by atoms with Crippen LogP contribution in [0.4, 0.5) is 0 Å². The molecule has 1 N–H and O–H groups in total. The van der Waals surface area contributed by atoms with E-state index in [2.05, 4.69) is 12.2 Å². The molecule has 1 aromatic rings. The van der Waals surface area contributed by atoms with Crippen LogP contribution in [0.2, 0.25) is 0 Å². The normalized spacial score (nSPS) is 12.6. The van der Waals surface area contributed by atoms with Crippen LogP contribution in [0.15, 0.2) is 29.2 Å². The van der Waals surface area contributed by atoms with Crippen molar-refractivity contribution in [3.05, 3.63) is 34.7 Å². The minimum absolute atomic E-state index is 0.0534. The highest BCUT2D eigenvalue weighted by Crippen LogP contribution is 1.97. The van der Waals surface area contributed by atoms with E-state index < -0.39 is 0 Å². The minimum atomic E-state index is 0.0534. The molecule has 4 heteroatoms. The highest BCUT2D eigenvalue weighted by molar-refractivity contribution is 6.17. The van der Waals surface area contributed by atoms with Crippen LogP contribution in [0.5, 0.6) is 0 Å². The summed E-state index contributed by atoms with van der Waals surface area (Å²) in [5, 5.41) is 3.37. The van der Waals surface area contributed by atoms with Crippen molar-refractivity contribution in [1.82, 2.24) is 9.88 Å². The largest absolute Gasteiger partial charge is 0.314 e. The number of alkyl halides is 1. The Morgan fingerprint density at radius 3 is 3.00 bits per heavy atom. The van der Waals surface area contributed by atoms with Gasteiger partial charge in [0, 0.05) is 37.3 Å². The van der Waals surface area contributed by atoms with Crippen molar-refractivity contribution in [2.24, 2.45) is 0 Å². The topological polar surface area (TPSA) is 34.0 Å². The zero-order valence-electron chi connectivity index (χ0n) is 9.66. The van der Waals surface area contributed by atoms with E-state index in [-0.39, 0.29) is 5.56 Å². The van der Waals surface area contributed by atoms with Crippen LogP contribution >= 0.6 is 11.6 Å². The highest BCUT2D eigenvalue weighted by Gasteiger charge is 2.00. The molecule has 1 heterocycles. The quantitative estimate of drug-likeness (QED) is 0.741. The second-order valence-electron chi connectivity index (χ2n) is 3.92. The Labute approximate surface area is 101 Å². The van der Waals surface area contributed by atoms with Gasteiger partial charge >= 0.3 is 0 Å². The van der Waals surface area contributed by atoms with Crippen molar-refractivity contribution < 1.29 is 0 Å². The molecule has 0 spiro atoms. The van der Waals surface area contributed by atoms with E-state index in [1.54, 1.807) is 16.7 Å². The molecule has 3 nitrogen and oxygen atoms in total. The third-order valence-electron chi connectivity index (χ3n) is 2.52. The lowest BCUT2D eigenvalue weighted by molar-refractivity contribution is 0.483. The lowest BCUT2D eigenvalue weighted by Gasteiger charge is -2.13. The molecule has 1 unspecified atom stereocenters. The third kappa shape index (κ3) is 4.81. The summed E-state index contributed by atoms with van der Waals surface area (Å²) in [6.45, 7) is 3.67. The number of aromatic nitrogens is 1. The van der Waals surface area contributed by atoms with E-state index in [1.807, 2.05) is 12.3 Å². The summed E-state index contributed by atoms with van der Waals surface area (Å²) in [7, 11) is 0. The standard InChI is InChI=1S/C12H19ClN2O/c1-11(5-4-7-13)14-8-10-15-9-3-2-6-12(15)16/h2-3,6,9,11,14H,4-5,7-8,10H2,1H3. The maximum Gasteiger partial charge on any atom is 0.250 e. The summed E-state index contributed by atoms with van der Waals surface area (Å²) in [6, 6.07) is 5.67. The molecule has 0 saturated heterocycles. The van der Waals surface area contributed by atoms with Gasteiger partial charge in [-0.25, -0.2) is 0 Å². The molecule has 0 fully saturated rings. The number of halogens is 1. The molecular weight excluding hydrogens is 224 g/mol. The summed E-state index contributed by atoms with van der Waals surface area (Å²) in [6.07, 6.45) is 3.92. The Morgan fingerprint density at radius 2 is 2.31 bits per heavy atom. The lowest BCUT2D eigenvalue weighted by Crippen LogP contribution is -2.31. The van der Waals surface area contributed by atoms with Crippen molar-refractivity contribution in [2.75, 3.05) is 12.4 Å². The first-order chi connectivity index (χ1) is 7.74. The van der Waals surface area contributed by atoms with E-state index in [9.17, 15) is 4.79 Å². The molecule has 0 saturated carbocycles. The van der Waals surface area contributed by atoms with Crippen molar-refractivity contribution in [3.63, 3.8) is 0 Å². The maximum absolute atomic E-state index is 11.4. The maximum atomic E-state index is 11.4. The fourth-order valence-electron chi connectivity index (χ4n) is 1.56. The average molecular weight is 243 g/mol. The van der Waals surface area contributed by atoms with Crippen molar-refractivity contribution >= 4 is 11.6 Å². The van der Waals surface area contributed by atoms with Crippen molar-refractivity contribution in [1.29, 1.82) is 0 Å². The van der Waals surface area contributed by atoms with Crippen LogP contribution in [0, 0.1) is 0 Å². The van der Waals surface area contributed by atoms with Crippen molar-refractivity contribution in [2.45, 2.75) is 32.4 Å². The first-order valence-electron chi connectivity index (χ1n) is 5.69. The molecule has 1 aromatic heterocycles. The summed E-state index contributed by atoms with van der Waals surface area (Å²) < 4.78 is 1.71. The molecule has 0 bridgehead atoms. The number of hydrogen-bond acceptors (Lipinski definition) is 2. The van der Waals surface area contributed by atoms with Gasteiger partial charge in [-0.1, -0.05) is 6.07 Å². The Bertz CT molecular complexity index is 351. The van der Waals surface area contributed by atoms with Gasteiger partial charge in [0.05, 0.1) is 0 Å². The highest BCUT2D eigenvalue weighted by atomic mass is 35.5. The molecule has 90 valence electrons. The number of hydrogen-bond donors (Lipinski definition) is 1. The summed E-state index contributed by atoms with van der Waals surface area (Å²) in [4.78, 5) is 11.4. The minimum Gasteiger partial charge on any atom is -0.314 e. The van der Waals surface area contributed by atoms with E-state index in [0.29, 0.717) is 18.5 Å². The number of nitrogens with one attached hydrogen (secondary N) is 1. The molecule has 16 heavy (non-hydrogen) atoms. The molecule has 1 atom stereocenters. The first kappa shape index (κ1) is 13.3. The third-order valence-corrected chi connectivity index (χ3v) is 2.78. The van der Waals surface area contributed by atoms with Crippen molar-refractivity contribution in [3.8, 4) is 0 Å². The molecular formula is C12H19ClN2O. The van der Waals surface area contributed by atoms with Crippen LogP contribution in [-0.4, -0.2) is 23.0 Å². The van der Waals surface area contributed by atoms with Gasteiger partial charge in [0.25, 0.3) is 5.56 Å². The van der Waals surface area contributed by atoms with E-state index in [1.165, 1.54) is 0 Å². The zero-order chi connectivity index (χ0) is 11.8. The molecule has 0 aliphatic rings. The van der Waals surface area contributed by atoms with E-state index >= 15 is 0 Å². The van der Waals surface area contributed by atoms with Gasteiger partial charge in [0.1, 0.15) is 0 Å². The molecule has 0 aromatic carbocycles. The Kier molecular flexibility index (Phi) is 6.19. The SMILES string of the molecule is CC(CCCCl)NCCn1ccccc1=O. The monoisotopic (exact) mass is 242 g/mol. The molecule has 1 rings (SSSR count). The van der Waals surface area contributed by atoms with E-state index in [4.69, 9.17) is 11.6 Å². The second-order valence-corrected chi connectivity index (χ2v) is 4.30. The van der Waals surface area contributed by atoms with Crippen LogP contribution in [0.25, 0.3) is 0 Å². The van der Waals surface area contributed by atoms with Gasteiger partial charge in [-0.05, 0) is 25.8 Å². The van der Waals surface area contributed by atoms with Gasteiger partial charge in [-0.15, -0.1) is 11.6 Å². The summed E-state index contributed by atoms with van der Waals surface area (Å²) >= 11 is 5.62. The average Bonchev–Trinajstić information content (AvgIpc) is 2.29. The number of pyridine rings is 1. The zero-order valence-corrected chi connectivity index (χ0v) is 10.4. The smallest absolute Gasteiger partial charge is 0.250 e. The molecule has 0 aliphatic heterocycles. The fourth-order valence-corrected chi connectivity index (χ4v) is 1.72. The molecule has 0 amide bonds. The number of rotatable bonds is 7. The van der Waals surface area contributed by atoms with Gasteiger partial charge < -0.3 is 9.88 Å². The molecule has 0 radical (unpaired) electrons. The summed E-state index contributed by atoms with van der Waals surface area (Å²) in [5.41, 5.74) is 0.0534. The van der Waals surface area contributed by atoms with Gasteiger partial charge in [0.2, 0.25) is 0 Å². The van der Waals surface area contributed by atoms with E-state index in [0.717, 1.165) is 19.4 Å². The van der Waals surface area contributed by atoms with Crippen LogP contribution in [-0.2, 0) is 6.54 Å². The van der Waals surface area contributed by atoms with Crippen LogP contribution in [0.3, 0.4) is 0 Å². The van der Waals surface area contributed by atoms with Gasteiger partial charge in [-0.2, -0.15) is 0 Å². The van der Waals surface area contributed by atoms with Gasteiger partial charge in [-0.3, -0.25) is 4.79 Å². The summed E-state index contributed by atoms with van der Waals surface area (Å²) in [5.74, 6) is 0.712. The number of nitrogens with zero attached hydrogens (tertiary/aromatic N) is 1. The first-order valence-corrected chi connectivity index (χ1v) is 6.22. The Morgan fingerprint density at radius 1 is 1.50 bits per heavy atom. The fraction of sp³-hybridized carbons (Fsp3) is 0.583. The van der Waals surface area contributed by atoms with Crippen LogP contribution in [0.1, 0.15) is 19.8 Å². The molecule has 0 aliphatic carbocycles. The van der Waals surface area contributed by atoms with Gasteiger partial charge in [0.15, 0.2) is 0 Å². The predicted octanol–water partition coefficient (Wildman–Crippen LogP) is 1.85. The predicted molar refractivity (Wildman–Crippen MR) is 68.1 cm³/mol. The lowest BCUT2D eigenvalue weighted by atomic mass is 10.2.